The first kappa shape index (κ1) is 11.5. The highest BCUT2D eigenvalue weighted by Crippen LogP contribution is 2.45. The molecule has 0 amide bonds. The van der Waals surface area contributed by atoms with E-state index in [0.29, 0.717) is 0 Å². The number of ether oxygens (including phenoxy) is 1. The molecule has 1 aromatic rings. The maximum Gasteiger partial charge on any atom is 0.123 e. The normalized spacial score (nSPS) is 24.8. The zero-order chi connectivity index (χ0) is 11.8. The van der Waals surface area contributed by atoms with E-state index in [4.69, 9.17) is 4.74 Å². The first-order valence-electron chi connectivity index (χ1n) is 6.25. The number of hydrogen-bond acceptors (Lipinski definition) is 1. The van der Waals surface area contributed by atoms with Crippen molar-refractivity contribution in [3.8, 4) is 5.75 Å². The molecule has 0 spiro atoms. The minimum atomic E-state index is 0.00134. The van der Waals surface area contributed by atoms with E-state index in [1.165, 1.54) is 5.56 Å². The number of aryl methyl sites for hydroxylation is 1. The van der Waals surface area contributed by atoms with Crippen LogP contribution in [-0.4, -0.2) is 5.60 Å². The lowest BCUT2D eigenvalue weighted by atomic mass is 9.70. The van der Waals surface area contributed by atoms with Crippen LogP contribution < -0.4 is 4.74 Å². The fourth-order valence-electron chi connectivity index (χ4n) is 2.72. The first-order valence-corrected chi connectivity index (χ1v) is 6.25. The molecule has 0 N–H and O–H groups in total. The molecule has 1 aliphatic heterocycles. The molecule has 2 rings (SSSR count). The van der Waals surface area contributed by atoms with Gasteiger partial charge in [0.2, 0.25) is 0 Å². The van der Waals surface area contributed by atoms with Crippen LogP contribution in [0.4, 0.5) is 0 Å². The molecule has 1 aliphatic rings. The average Bonchev–Trinajstić information content (AvgIpc) is 2.27. The van der Waals surface area contributed by atoms with Crippen LogP contribution in [0.2, 0.25) is 0 Å². The van der Waals surface area contributed by atoms with Crippen LogP contribution >= 0.6 is 0 Å². The second kappa shape index (κ2) is 3.80. The quantitative estimate of drug-likeness (QED) is 0.686. The minimum absolute atomic E-state index is 0.00134. The van der Waals surface area contributed by atoms with Crippen LogP contribution in [-0.2, 0) is 6.42 Å². The van der Waals surface area contributed by atoms with Crippen LogP contribution in [0.25, 0.3) is 0 Å². The maximum atomic E-state index is 6.33. The van der Waals surface area contributed by atoms with Gasteiger partial charge in [0, 0.05) is 5.41 Å². The van der Waals surface area contributed by atoms with E-state index in [9.17, 15) is 0 Å². The largest absolute Gasteiger partial charge is 0.486 e. The van der Waals surface area contributed by atoms with Gasteiger partial charge in [-0.05, 0) is 30.9 Å². The van der Waals surface area contributed by atoms with Gasteiger partial charge in [-0.1, -0.05) is 45.9 Å². The standard InChI is InChI=1S/C15H22O/c1-5-15(14(2,3)4)11-10-12-8-6-7-9-13(12)16-15/h6-9H,5,10-11H2,1-4H3. The van der Waals surface area contributed by atoms with Gasteiger partial charge in [-0.2, -0.15) is 0 Å². The van der Waals surface area contributed by atoms with E-state index in [1.807, 2.05) is 0 Å². The Morgan fingerprint density at radius 1 is 1.25 bits per heavy atom. The molecule has 1 heteroatoms. The molecule has 0 saturated carbocycles. The van der Waals surface area contributed by atoms with Crippen molar-refractivity contribution in [2.45, 2.75) is 52.6 Å². The minimum Gasteiger partial charge on any atom is -0.486 e. The zero-order valence-corrected chi connectivity index (χ0v) is 10.8. The van der Waals surface area contributed by atoms with Gasteiger partial charge in [-0.15, -0.1) is 0 Å². The fraction of sp³-hybridized carbons (Fsp3) is 0.600. The molecule has 0 radical (unpaired) electrons. The SMILES string of the molecule is CCC1(C(C)(C)C)CCc2ccccc2O1. The lowest BCUT2D eigenvalue weighted by Gasteiger charge is -2.47. The zero-order valence-electron chi connectivity index (χ0n) is 10.8. The van der Waals surface area contributed by atoms with E-state index in [1.54, 1.807) is 0 Å². The van der Waals surface area contributed by atoms with E-state index in [-0.39, 0.29) is 11.0 Å². The summed E-state index contributed by atoms with van der Waals surface area (Å²) in [5, 5.41) is 0. The molecular formula is C15H22O. The summed E-state index contributed by atoms with van der Waals surface area (Å²) in [6.45, 7) is 9.08. The number of fused-ring (bicyclic) bond motifs is 1. The molecule has 0 fully saturated rings. The lowest BCUT2D eigenvalue weighted by Crippen LogP contribution is -2.49. The molecule has 1 unspecified atom stereocenters. The molecule has 1 aromatic carbocycles. The summed E-state index contributed by atoms with van der Waals surface area (Å²) in [5.74, 6) is 1.09. The Morgan fingerprint density at radius 2 is 1.94 bits per heavy atom. The molecule has 0 aromatic heterocycles. The van der Waals surface area contributed by atoms with Gasteiger partial charge in [-0.25, -0.2) is 0 Å². The third-order valence-corrected chi connectivity index (χ3v) is 4.01. The average molecular weight is 218 g/mol. The highest BCUT2D eigenvalue weighted by Gasteiger charge is 2.44. The van der Waals surface area contributed by atoms with Crippen molar-refractivity contribution < 1.29 is 4.74 Å². The van der Waals surface area contributed by atoms with Gasteiger partial charge in [0.25, 0.3) is 0 Å². The molecule has 0 aliphatic carbocycles. The summed E-state index contributed by atoms with van der Waals surface area (Å²) in [7, 11) is 0. The Kier molecular flexibility index (Phi) is 2.73. The maximum absolute atomic E-state index is 6.33. The second-order valence-electron chi connectivity index (χ2n) is 5.81. The van der Waals surface area contributed by atoms with Crippen LogP contribution in [0.5, 0.6) is 5.75 Å². The second-order valence-corrected chi connectivity index (χ2v) is 5.81. The van der Waals surface area contributed by atoms with Crippen LogP contribution in [0, 0.1) is 5.41 Å². The molecule has 0 saturated heterocycles. The van der Waals surface area contributed by atoms with E-state index < -0.39 is 0 Å². The molecule has 1 nitrogen and oxygen atoms in total. The Hall–Kier alpha value is -0.980. The number of rotatable bonds is 1. The molecule has 0 bridgehead atoms. The Balaban J connectivity index is 2.36. The predicted molar refractivity (Wildman–Crippen MR) is 67.9 cm³/mol. The van der Waals surface area contributed by atoms with Crippen LogP contribution in [0.3, 0.4) is 0 Å². The summed E-state index contributed by atoms with van der Waals surface area (Å²) in [6, 6.07) is 8.44. The number of benzene rings is 1. The Bertz CT molecular complexity index is 375. The smallest absolute Gasteiger partial charge is 0.123 e. The predicted octanol–water partition coefficient (Wildman–Crippen LogP) is 4.21. The highest BCUT2D eigenvalue weighted by molar-refractivity contribution is 5.36. The molecule has 1 heterocycles. The summed E-state index contributed by atoms with van der Waals surface area (Å²) in [5.41, 5.74) is 1.55. The van der Waals surface area contributed by atoms with Crippen LogP contribution in [0.1, 0.15) is 46.1 Å². The van der Waals surface area contributed by atoms with Gasteiger partial charge in [-0.3, -0.25) is 0 Å². The van der Waals surface area contributed by atoms with Crippen molar-refractivity contribution in [1.29, 1.82) is 0 Å². The summed E-state index contributed by atoms with van der Waals surface area (Å²) in [4.78, 5) is 0. The number of para-hydroxylation sites is 1. The highest BCUT2D eigenvalue weighted by atomic mass is 16.5. The van der Waals surface area contributed by atoms with Gasteiger partial charge in [0.1, 0.15) is 11.4 Å². The number of hydrogen-bond donors (Lipinski definition) is 0. The summed E-state index contributed by atoms with van der Waals surface area (Å²) >= 11 is 0. The lowest BCUT2D eigenvalue weighted by molar-refractivity contribution is -0.0526. The van der Waals surface area contributed by atoms with Crippen LogP contribution in [0.15, 0.2) is 24.3 Å². The van der Waals surface area contributed by atoms with Crippen molar-refractivity contribution in [2.24, 2.45) is 5.41 Å². The molecule has 88 valence electrons. The van der Waals surface area contributed by atoms with Gasteiger partial charge < -0.3 is 4.74 Å². The van der Waals surface area contributed by atoms with Crippen molar-refractivity contribution in [3.63, 3.8) is 0 Å². The van der Waals surface area contributed by atoms with Crippen molar-refractivity contribution >= 4 is 0 Å². The van der Waals surface area contributed by atoms with Crippen molar-refractivity contribution in [2.75, 3.05) is 0 Å². The van der Waals surface area contributed by atoms with Gasteiger partial charge >= 0.3 is 0 Å². The van der Waals surface area contributed by atoms with Crippen molar-refractivity contribution in [1.82, 2.24) is 0 Å². The van der Waals surface area contributed by atoms with E-state index in [0.717, 1.165) is 25.0 Å². The monoisotopic (exact) mass is 218 g/mol. The molecule has 16 heavy (non-hydrogen) atoms. The van der Waals surface area contributed by atoms with Crippen molar-refractivity contribution in [3.05, 3.63) is 29.8 Å². The third-order valence-electron chi connectivity index (χ3n) is 4.01. The third kappa shape index (κ3) is 1.73. The van der Waals surface area contributed by atoms with E-state index in [2.05, 4.69) is 52.0 Å². The Morgan fingerprint density at radius 3 is 2.56 bits per heavy atom. The summed E-state index contributed by atoms with van der Waals surface area (Å²) < 4.78 is 6.33. The molecular weight excluding hydrogens is 196 g/mol. The Labute approximate surface area is 98.8 Å². The summed E-state index contributed by atoms with van der Waals surface area (Å²) in [6.07, 6.45) is 3.34. The van der Waals surface area contributed by atoms with E-state index >= 15 is 0 Å². The first-order chi connectivity index (χ1) is 7.48. The fourth-order valence-corrected chi connectivity index (χ4v) is 2.72. The molecule has 1 atom stereocenters. The van der Waals surface area contributed by atoms with Gasteiger partial charge in [0.15, 0.2) is 0 Å². The van der Waals surface area contributed by atoms with Gasteiger partial charge in [0.05, 0.1) is 0 Å². The topological polar surface area (TPSA) is 9.23 Å².